The van der Waals surface area contributed by atoms with Gasteiger partial charge in [0.1, 0.15) is 0 Å². The molecular formula is C15H20BrNO3. The lowest BCUT2D eigenvalue weighted by molar-refractivity contribution is -0.117. The van der Waals surface area contributed by atoms with Gasteiger partial charge >= 0.3 is 0 Å². The predicted molar refractivity (Wildman–Crippen MR) is 81.9 cm³/mol. The monoisotopic (exact) mass is 341 g/mol. The number of anilines is 1. The molecule has 110 valence electrons. The Bertz CT molecular complexity index is 458. The van der Waals surface area contributed by atoms with E-state index < -0.39 is 0 Å². The number of nitrogens with one attached hydrogen (secondary N) is 1. The molecule has 1 aromatic rings. The molecule has 1 amide bonds. The number of ether oxygens (including phenoxy) is 2. The van der Waals surface area contributed by atoms with Crippen LogP contribution in [0.5, 0.6) is 0 Å². The van der Waals surface area contributed by atoms with Crippen molar-refractivity contribution in [1.82, 2.24) is 0 Å². The van der Waals surface area contributed by atoms with E-state index in [9.17, 15) is 4.79 Å². The molecule has 0 bridgehead atoms. The molecule has 5 heteroatoms. The zero-order valence-corrected chi connectivity index (χ0v) is 13.2. The molecule has 1 saturated heterocycles. The molecule has 4 nitrogen and oxygen atoms in total. The van der Waals surface area contributed by atoms with Crippen LogP contribution >= 0.6 is 15.9 Å². The van der Waals surface area contributed by atoms with Gasteiger partial charge in [-0.1, -0.05) is 15.9 Å². The van der Waals surface area contributed by atoms with Gasteiger partial charge in [0.15, 0.2) is 0 Å². The van der Waals surface area contributed by atoms with Crippen LogP contribution in [0.15, 0.2) is 22.7 Å². The summed E-state index contributed by atoms with van der Waals surface area (Å²) in [6.07, 6.45) is 2.75. The van der Waals surface area contributed by atoms with Crippen LogP contribution < -0.4 is 5.32 Å². The first-order chi connectivity index (χ1) is 9.65. The Morgan fingerprint density at radius 1 is 1.55 bits per heavy atom. The number of rotatable bonds is 6. The van der Waals surface area contributed by atoms with Crippen LogP contribution in [0, 0.1) is 6.92 Å². The van der Waals surface area contributed by atoms with Crippen molar-refractivity contribution in [3.63, 3.8) is 0 Å². The Morgan fingerprint density at radius 3 is 3.10 bits per heavy atom. The van der Waals surface area contributed by atoms with Crippen LogP contribution in [0.1, 0.15) is 24.8 Å². The summed E-state index contributed by atoms with van der Waals surface area (Å²) < 4.78 is 11.9. The average Bonchev–Trinajstić information content (AvgIpc) is 2.91. The molecule has 1 aliphatic heterocycles. The van der Waals surface area contributed by atoms with Crippen LogP contribution in [0.4, 0.5) is 5.69 Å². The molecule has 2 rings (SSSR count). The second-order valence-corrected chi connectivity index (χ2v) is 5.88. The smallest absolute Gasteiger partial charge is 0.226 e. The topological polar surface area (TPSA) is 47.6 Å². The molecule has 1 N–H and O–H groups in total. The first-order valence-corrected chi connectivity index (χ1v) is 7.70. The van der Waals surface area contributed by atoms with Gasteiger partial charge in [0.25, 0.3) is 0 Å². The lowest BCUT2D eigenvalue weighted by atomic mass is 10.2. The molecule has 1 fully saturated rings. The highest BCUT2D eigenvalue weighted by molar-refractivity contribution is 9.10. The summed E-state index contributed by atoms with van der Waals surface area (Å²) in [7, 11) is 0. The third kappa shape index (κ3) is 4.89. The van der Waals surface area contributed by atoms with Gasteiger partial charge in [-0.05, 0) is 43.5 Å². The lowest BCUT2D eigenvalue weighted by Crippen LogP contribution is -2.18. The Kier molecular flexibility index (Phi) is 6.01. The van der Waals surface area contributed by atoms with Crippen molar-refractivity contribution in [3.8, 4) is 0 Å². The highest BCUT2D eigenvalue weighted by Gasteiger charge is 2.15. The molecular weight excluding hydrogens is 322 g/mol. The molecule has 1 unspecified atom stereocenters. The second-order valence-electron chi connectivity index (χ2n) is 4.97. The summed E-state index contributed by atoms with van der Waals surface area (Å²) in [4.78, 5) is 11.8. The van der Waals surface area contributed by atoms with Crippen molar-refractivity contribution in [2.45, 2.75) is 32.3 Å². The van der Waals surface area contributed by atoms with E-state index >= 15 is 0 Å². The first-order valence-electron chi connectivity index (χ1n) is 6.90. The standard InChI is InChI=1S/C15H20BrNO3/c1-11-9-12(16)4-5-14(11)17-15(18)6-8-19-10-13-3-2-7-20-13/h4-5,9,13H,2-3,6-8,10H2,1H3,(H,17,18). The van der Waals surface area contributed by atoms with E-state index in [-0.39, 0.29) is 12.0 Å². The quantitative estimate of drug-likeness (QED) is 0.807. The maximum atomic E-state index is 11.8. The van der Waals surface area contributed by atoms with Gasteiger partial charge in [-0.2, -0.15) is 0 Å². The van der Waals surface area contributed by atoms with E-state index in [4.69, 9.17) is 9.47 Å². The Morgan fingerprint density at radius 2 is 2.40 bits per heavy atom. The van der Waals surface area contributed by atoms with Gasteiger partial charge in [0.2, 0.25) is 5.91 Å². The first kappa shape index (κ1) is 15.5. The fourth-order valence-corrected chi connectivity index (χ4v) is 2.61. The number of halogens is 1. The predicted octanol–water partition coefficient (Wildman–Crippen LogP) is 3.28. The lowest BCUT2D eigenvalue weighted by Gasteiger charge is -2.11. The fraction of sp³-hybridized carbons (Fsp3) is 0.533. The summed E-state index contributed by atoms with van der Waals surface area (Å²) >= 11 is 3.40. The highest BCUT2D eigenvalue weighted by Crippen LogP contribution is 2.20. The molecule has 0 aromatic heterocycles. The minimum atomic E-state index is -0.0252. The number of hydrogen-bond acceptors (Lipinski definition) is 3. The minimum absolute atomic E-state index is 0.0252. The maximum absolute atomic E-state index is 11.8. The van der Waals surface area contributed by atoms with E-state index in [1.54, 1.807) is 0 Å². The molecule has 0 radical (unpaired) electrons. The fourth-order valence-electron chi connectivity index (χ4n) is 2.14. The maximum Gasteiger partial charge on any atom is 0.226 e. The molecule has 0 saturated carbocycles. The van der Waals surface area contributed by atoms with Gasteiger partial charge in [-0.25, -0.2) is 0 Å². The van der Waals surface area contributed by atoms with Gasteiger partial charge in [0.05, 0.1) is 25.7 Å². The number of carbonyl (C=O) groups excluding carboxylic acids is 1. The van der Waals surface area contributed by atoms with Crippen LogP contribution in [-0.2, 0) is 14.3 Å². The summed E-state index contributed by atoms with van der Waals surface area (Å²) in [5, 5.41) is 2.89. The number of amides is 1. The zero-order valence-electron chi connectivity index (χ0n) is 11.7. The normalized spacial score (nSPS) is 18.2. The average molecular weight is 342 g/mol. The Balaban J connectivity index is 1.67. The summed E-state index contributed by atoms with van der Waals surface area (Å²) in [5.41, 5.74) is 1.88. The summed E-state index contributed by atoms with van der Waals surface area (Å²) in [6.45, 7) is 3.82. The van der Waals surface area contributed by atoms with Crippen LogP contribution in [-0.4, -0.2) is 31.8 Å². The highest BCUT2D eigenvalue weighted by atomic mass is 79.9. The SMILES string of the molecule is Cc1cc(Br)ccc1NC(=O)CCOCC1CCCO1. The molecule has 1 aliphatic rings. The third-order valence-electron chi connectivity index (χ3n) is 3.26. The van der Waals surface area contributed by atoms with Gasteiger partial charge in [-0.3, -0.25) is 4.79 Å². The largest absolute Gasteiger partial charge is 0.378 e. The Labute approximate surface area is 128 Å². The van der Waals surface area contributed by atoms with Crippen LogP contribution in [0.3, 0.4) is 0 Å². The minimum Gasteiger partial charge on any atom is -0.378 e. The van der Waals surface area contributed by atoms with Crippen molar-refractivity contribution in [1.29, 1.82) is 0 Å². The van der Waals surface area contributed by atoms with Crippen molar-refractivity contribution >= 4 is 27.5 Å². The van der Waals surface area contributed by atoms with Gasteiger partial charge in [-0.15, -0.1) is 0 Å². The van der Waals surface area contributed by atoms with Gasteiger partial charge in [0, 0.05) is 16.8 Å². The van der Waals surface area contributed by atoms with Gasteiger partial charge < -0.3 is 14.8 Å². The summed E-state index contributed by atoms with van der Waals surface area (Å²) in [5.74, 6) is -0.0252. The Hall–Kier alpha value is -0.910. The van der Waals surface area contributed by atoms with E-state index in [0.29, 0.717) is 19.6 Å². The number of benzene rings is 1. The molecule has 0 spiro atoms. The number of hydrogen-bond donors (Lipinski definition) is 1. The third-order valence-corrected chi connectivity index (χ3v) is 3.76. The second kappa shape index (κ2) is 7.76. The molecule has 1 heterocycles. The molecule has 1 aromatic carbocycles. The van der Waals surface area contributed by atoms with E-state index in [1.165, 1.54) is 0 Å². The summed E-state index contributed by atoms with van der Waals surface area (Å²) in [6, 6.07) is 5.78. The van der Waals surface area contributed by atoms with Crippen LogP contribution in [0.2, 0.25) is 0 Å². The number of aryl methyl sites for hydroxylation is 1. The van der Waals surface area contributed by atoms with Crippen LogP contribution in [0.25, 0.3) is 0 Å². The van der Waals surface area contributed by atoms with E-state index in [0.717, 1.165) is 35.2 Å². The van der Waals surface area contributed by atoms with Crippen molar-refractivity contribution in [2.24, 2.45) is 0 Å². The van der Waals surface area contributed by atoms with E-state index in [2.05, 4.69) is 21.2 Å². The number of carbonyl (C=O) groups is 1. The van der Waals surface area contributed by atoms with E-state index in [1.807, 2.05) is 25.1 Å². The van der Waals surface area contributed by atoms with Crippen molar-refractivity contribution in [2.75, 3.05) is 25.1 Å². The molecule has 20 heavy (non-hydrogen) atoms. The van der Waals surface area contributed by atoms with Crippen molar-refractivity contribution in [3.05, 3.63) is 28.2 Å². The zero-order chi connectivity index (χ0) is 14.4. The molecule has 0 aliphatic carbocycles. The molecule has 1 atom stereocenters. The van der Waals surface area contributed by atoms with Crippen molar-refractivity contribution < 1.29 is 14.3 Å².